The van der Waals surface area contributed by atoms with E-state index in [1.165, 1.54) is 19.3 Å². The lowest BCUT2D eigenvalue weighted by atomic mass is 9.70. The van der Waals surface area contributed by atoms with Crippen LogP contribution in [0.2, 0.25) is 5.02 Å². The topological polar surface area (TPSA) is 38.0 Å². The van der Waals surface area contributed by atoms with Gasteiger partial charge in [0.1, 0.15) is 0 Å². The minimum absolute atomic E-state index is 0.518. The number of rotatable bonds is 4. The van der Waals surface area contributed by atoms with Crippen molar-refractivity contribution < 1.29 is 0 Å². The monoisotopic (exact) mass is 238 g/mol. The Morgan fingerprint density at radius 1 is 1.38 bits per heavy atom. The van der Waals surface area contributed by atoms with Crippen molar-refractivity contribution in [1.82, 2.24) is 5.32 Å². The van der Waals surface area contributed by atoms with Gasteiger partial charge in [-0.05, 0) is 42.0 Å². The molecule has 88 valence electrons. The van der Waals surface area contributed by atoms with Gasteiger partial charge in [0, 0.05) is 23.8 Å². The van der Waals surface area contributed by atoms with Crippen molar-refractivity contribution in [3.63, 3.8) is 0 Å². The molecule has 0 unspecified atom stereocenters. The van der Waals surface area contributed by atoms with Gasteiger partial charge < -0.3 is 11.1 Å². The van der Waals surface area contributed by atoms with E-state index in [0.717, 1.165) is 24.3 Å². The molecule has 1 aromatic carbocycles. The van der Waals surface area contributed by atoms with Crippen molar-refractivity contribution in [2.24, 2.45) is 5.41 Å². The molecule has 0 heterocycles. The Balaban J connectivity index is 1.84. The van der Waals surface area contributed by atoms with Gasteiger partial charge in [-0.1, -0.05) is 24.9 Å². The first-order chi connectivity index (χ1) is 7.57. The second kappa shape index (κ2) is 4.64. The standard InChI is InChI=1S/C13H19ClN2/c1-13(3-2-4-13)9-16-8-10-5-11(14)7-12(15)6-10/h5-7,16H,2-4,8-9,15H2,1H3. The highest BCUT2D eigenvalue weighted by Crippen LogP contribution is 2.39. The summed E-state index contributed by atoms with van der Waals surface area (Å²) >= 11 is 5.95. The molecule has 0 aromatic heterocycles. The average Bonchev–Trinajstić information content (AvgIpc) is 2.13. The number of nitrogen functional groups attached to an aromatic ring is 1. The molecule has 2 nitrogen and oxygen atoms in total. The quantitative estimate of drug-likeness (QED) is 0.791. The molecule has 1 aliphatic carbocycles. The van der Waals surface area contributed by atoms with Gasteiger partial charge >= 0.3 is 0 Å². The predicted octanol–water partition coefficient (Wildman–Crippen LogP) is 3.20. The fourth-order valence-electron chi connectivity index (χ4n) is 2.24. The van der Waals surface area contributed by atoms with E-state index in [4.69, 9.17) is 17.3 Å². The van der Waals surface area contributed by atoms with Gasteiger partial charge in [-0.25, -0.2) is 0 Å². The fourth-order valence-corrected chi connectivity index (χ4v) is 2.51. The number of halogens is 1. The lowest BCUT2D eigenvalue weighted by molar-refractivity contribution is 0.156. The third kappa shape index (κ3) is 2.89. The van der Waals surface area contributed by atoms with Crippen molar-refractivity contribution >= 4 is 17.3 Å². The predicted molar refractivity (Wildman–Crippen MR) is 69.5 cm³/mol. The zero-order chi connectivity index (χ0) is 11.6. The van der Waals surface area contributed by atoms with Crippen LogP contribution in [0.1, 0.15) is 31.7 Å². The summed E-state index contributed by atoms with van der Waals surface area (Å²) in [5, 5.41) is 4.20. The molecule has 0 saturated heterocycles. The van der Waals surface area contributed by atoms with Gasteiger partial charge in [0.05, 0.1) is 0 Å². The van der Waals surface area contributed by atoms with Gasteiger partial charge in [-0.2, -0.15) is 0 Å². The van der Waals surface area contributed by atoms with Crippen molar-refractivity contribution in [2.75, 3.05) is 12.3 Å². The maximum atomic E-state index is 5.95. The highest BCUT2D eigenvalue weighted by Gasteiger charge is 2.30. The van der Waals surface area contributed by atoms with Gasteiger partial charge in [-0.3, -0.25) is 0 Å². The first-order valence-corrected chi connectivity index (χ1v) is 6.21. The Labute approximate surface area is 102 Å². The Hall–Kier alpha value is -0.730. The van der Waals surface area contributed by atoms with Crippen LogP contribution in [0.3, 0.4) is 0 Å². The molecule has 0 aliphatic heterocycles. The minimum atomic E-state index is 0.518. The number of hydrogen-bond acceptors (Lipinski definition) is 2. The van der Waals surface area contributed by atoms with E-state index >= 15 is 0 Å². The van der Waals surface area contributed by atoms with E-state index in [9.17, 15) is 0 Å². The number of benzene rings is 1. The molecule has 3 N–H and O–H groups in total. The van der Waals surface area contributed by atoms with Crippen LogP contribution in [0, 0.1) is 5.41 Å². The molecule has 2 rings (SSSR count). The Kier molecular flexibility index (Phi) is 3.41. The Bertz CT molecular complexity index is 352. The van der Waals surface area contributed by atoms with Gasteiger partial charge in [0.25, 0.3) is 0 Å². The summed E-state index contributed by atoms with van der Waals surface area (Å²) in [6.45, 7) is 4.27. The van der Waals surface area contributed by atoms with E-state index in [1.54, 1.807) is 6.07 Å². The van der Waals surface area contributed by atoms with E-state index in [-0.39, 0.29) is 0 Å². The smallest absolute Gasteiger partial charge is 0.0429 e. The normalized spacial score (nSPS) is 18.1. The molecule has 3 heteroatoms. The highest BCUT2D eigenvalue weighted by atomic mass is 35.5. The van der Waals surface area contributed by atoms with E-state index < -0.39 is 0 Å². The van der Waals surface area contributed by atoms with Crippen molar-refractivity contribution in [1.29, 1.82) is 0 Å². The Morgan fingerprint density at radius 3 is 2.69 bits per heavy atom. The van der Waals surface area contributed by atoms with Crippen molar-refractivity contribution in [3.05, 3.63) is 28.8 Å². The zero-order valence-electron chi connectivity index (χ0n) is 9.72. The molecule has 1 aliphatic rings. The van der Waals surface area contributed by atoms with Gasteiger partial charge in [0.15, 0.2) is 0 Å². The number of nitrogens with two attached hydrogens (primary N) is 1. The van der Waals surface area contributed by atoms with Crippen molar-refractivity contribution in [2.45, 2.75) is 32.7 Å². The maximum absolute atomic E-state index is 5.95. The molecule has 1 saturated carbocycles. The third-order valence-corrected chi connectivity index (χ3v) is 3.64. The number of hydrogen-bond donors (Lipinski definition) is 2. The molecule has 0 spiro atoms. The summed E-state index contributed by atoms with van der Waals surface area (Å²) in [5.74, 6) is 0. The zero-order valence-corrected chi connectivity index (χ0v) is 10.5. The largest absolute Gasteiger partial charge is 0.399 e. The second-order valence-corrected chi connectivity index (χ2v) is 5.60. The summed E-state index contributed by atoms with van der Waals surface area (Å²) in [4.78, 5) is 0. The maximum Gasteiger partial charge on any atom is 0.0429 e. The fraction of sp³-hybridized carbons (Fsp3) is 0.538. The summed E-state index contributed by atoms with van der Waals surface area (Å²) < 4.78 is 0. The molecule has 0 radical (unpaired) electrons. The third-order valence-electron chi connectivity index (χ3n) is 3.42. The summed E-state index contributed by atoms with van der Waals surface area (Å²) in [6, 6.07) is 5.72. The minimum Gasteiger partial charge on any atom is -0.399 e. The summed E-state index contributed by atoms with van der Waals surface area (Å²) in [5.41, 5.74) is 8.16. The van der Waals surface area contributed by atoms with Crippen LogP contribution < -0.4 is 11.1 Å². The lowest BCUT2D eigenvalue weighted by Gasteiger charge is -2.38. The molecule has 0 atom stereocenters. The van der Waals surface area contributed by atoms with E-state index in [1.807, 2.05) is 12.1 Å². The Morgan fingerprint density at radius 2 is 2.12 bits per heavy atom. The van der Waals surface area contributed by atoms with Crippen LogP contribution in [0.15, 0.2) is 18.2 Å². The van der Waals surface area contributed by atoms with Crippen molar-refractivity contribution in [3.8, 4) is 0 Å². The van der Waals surface area contributed by atoms with Crippen LogP contribution in [0.5, 0.6) is 0 Å². The first kappa shape index (κ1) is 11.7. The summed E-state index contributed by atoms with van der Waals surface area (Å²) in [6.07, 6.45) is 4.07. The molecule has 0 amide bonds. The molecule has 1 aromatic rings. The second-order valence-electron chi connectivity index (χ2n) is 5.16. The van der Waals surface area contributed by atoms with Crippen LogP contribution in [-0.2, 0) is 6.54 Å². The van der Waals surface area contributed by atoms with E-state index in [0.29, 0.717) is 10.4 Å². The van der Waals surface area contributed by atoms with Gasteiger partial charge in [-0.15, -0.1) is 0 Å². The molecule has 0 bridgehead atoms. The number of anilines is 1. The summed E-state index contributed by atoms with van der Waals surface area (Å²) in [7, 11) is 0. The van der Waals surface area contributed by atoms with Crippen LogP contribution in [-0.4, -0.2) is 6.54 Å². The molecular formula is C13H19ClN2. The SMILES string of the molecule is CC1(CNCc2cc(N)cc(Cl)c2)CCC1. The molecular weight excluding hydrogens is 220 g/mol. The first-order valence-electron chi connectivity index (χ1n) is 5.83. The van der Waals surface area contributed by atoms with Crippen LogP contribution in [0.25, 0.3) is 0 Å². The lowest BCUT2D eigenvalue weighted by Crippen LogP contribution is -2.36. The molecule has 1 fully saturated rings. The van der Waals surface area contributed by atoms with Crippen LogP contribution in [0.4, 0.5) is 5.69 Å². The van der Waals surface area contributed by atoms with Gasteiger partial charge in [0.2, 0.25) is 0 Å². The van der Waals surface area contributed by atoms with Crippen LogP contribution >= 0.6 is 11.6 Å². The molecule has 16 heavy (non-hydrogen) atoms. The average molecular weight is 239 g/mol. The van der Waals surface area contributed by atoms with E-state index in [2.05, 4.69) is 12.2 Å². The highest BCUT2D eigenvalue weighted by molar-refractivity contribution is 6.30. The number of nitrogens with one attached hydrogen (secondary N) is 1.